The van der Waals surface area contributed by atoms with E-state index in [0.717, 1.165) is 24.2 Å². The molecule has 5 heteroatoms. The Kier molecular flexibility index (Phi) is 2.33. The Morgan fingerprint density at radius 3 is 2.94 bits per heavy atom. The highest BCUT2D eigenvalue weighted by molar-refractivity contribution is 5.90. The molecule has 0 N–H and O–H groups in total. The number of ether oxygens (including phenoxy) is 2. The van der Waals surface area contributed by atoms with Gasteiger partial charge in [-0.05, 0) is 18.2 Å². The highest BCUT2D eigenvalue weighted by Crippen LogP contribution is 2.24. The third-order valence-corrected chi connectivity index (χ3v) is 2.98. The van der Waals surface area contributed by atoms with Crippen LogP contribution in [0.4, 0.5) is 0 Å². The summed E-state index contributed by atoms with van der Waals surface area (Å²) in [7, 11) is 1.35. The van der Waals surface area contributed by atoms with Crippen LogP contribution in [0.15, 0.2) is 24.4 Å². The fourth-order valence-corrected chi connectivity index (χ4v) is 1.96. The average molecular weight is 232 g/mol. The van der Waals surface area contributed by atoms with Gasteiger partial charge in [0.2, 0.25) is 0 Å². The van der Waals surface area contributed by atoms with Gasteiger partial charge >= 0.3 is 5.97 Å². The number of aromatic nitrogens is 2. The first-order chi connectivity index (χ1) is 8.29. The zero-order chi connectivity index (χ0) is 11.8. The topological polar surface area (TPSA) is 53.4 Å². The second-order valence-electron chi connectivity index (χ2n) is 4.01. The SMILES string of the molecule is COC(=O)c1ccc2c(ccn2C2COC2)n1. The third kappa shape index (κ3) is 1.59. The molecule has 17 heavy (non-hydrogen) atoms. The van der Waals surface area contributed by atoms with Crippen LogP contribution in [0.25, 0.3) is 11.0 Å². The van der Waals surface area contributed by atoms with Gasteiger partial charge in [-0.3, -0.25) is 0 Å². The van der Waals surface area contributed by atoms with E-state index in [9.17, 15) is 4.79 Å². The van der Waals surface area contributed by atoms with Gasteiger partial charge in [-0.25, -0.2) is 9.78 Å². The number of carbonyl (C=O) groups excluding carboxylic acids is 1. The summed E-state index contributed by atoms with van der Waals surface area (Å²) < 4.78 is 11.9. The summed E-state index contributed by atoms with van der Waals surface area (Å²) >= 11 is 0. The smallest absolute Gasteiger partial charge is 0.356 e. The van der Waals surface area contributed by atoms with Crippen LogP contribution in [-0.4, -0.2) is 35.8 Å². The number of hydrogen-bond acceptors (Lipinski definition) is 4. The molecule has 5 nitrogen and oxygen atoms in total. The molecule has 0 saturated carbocycles. The predicted octanol–water partition coefficient (Wildman–Crippen LogP) is 1.39. The largest absolute Gasteiger partial charge is 0.464 e. The molecule has 0 spiro atoms. The Bertz CT molecular complexity index is 572. The Hall–Kier alpha value is -1.88. The van der Waals surface area contributed by atoms with Crippen molar-refractivity contribution in [3.8, 4) is 0 Å². The lowest BCUT2D eigenvalue weighted by Gasteiger charge is -2.28. The van der Waals surface area contributed by atoms with E-state index in [1.165, 1.54) is 7.11 Å². The molecule has 3 heterocycles. The van der Waals surface area contributed by atoms with Crippen molar-refractivity contribution in [3.63, 3.8) is 0 Å². The number of fused-ring (bicyclic) bond motifs is 1. The number of carbonyl (C=O) groups is 1. The molecule has 0 unspecified atom stereocenters. The van der Waals surface area contributed by atoms with E-state index in [4.69, 9.17) is 4.74 Å². The molecule has 3 rings (SSSR count). The quantitative estimate of drug-likeness (QED) is 0.734. The van der Waals surface area contributed by atoms with Gasteiger partial charge in [-0.1, -0.05) is 0 Å². The molecule has 1 aliphatic heterocycles. The van der Waals surface area contributed by atoms with Crippen LogP contribution >= 0.6 is 0 Å². The number of methoxy groups -OCH3 is 1. The van der Waals surface area contributed by atoms with Crippen molar-refractivity contribution in [2.45, 2.75) is 6.04 Å². The van der Waals surface area contributed by atoms with Crippen LogP contribution in [0.5, 0.6) is 0 Å². The molecule has 0 radical (unpaired) electrons. The predicted molar refractivity (Wildman–Crippen MR) is 60.9 cm³/mol. The lowest BCUT2D eigenvalue weighted by atomic mass is 10.2. The summed E-state index contributed by atoms with van der Waals surface area (Å²) in [5.74, 6) is -0.411. The molecule has 0 bridgehead atoms. The fourth-order valence-electron chi connectivity index (χ4n) is 1.96. The second-order valence-corrected chi connectivity index (χ2v) is 4.01. The molecular weight excluding hydrogens is 220 g/mol. The molecule has 2 aromatic rings. The maximum absolute atomic E-state index is 11.4. The van der Waals surface area contributed by atoms with Crippen molar-refractivity contribution >= 4 is 17.0 Å². The number of rotatable bonds is 2. The normalized spacial score (nSPS) is 15.8. The summed E-state index contributed by atoms with van der Waals surface area (Å²) in [5, 5.41) is 0. The van der Waals surface area contributed by atoms with Crippen LogP contribution in [0, 0.1) is 0 Å². The molecule has 1 saturated heterocycles. The molecule has 2 aromatic heterocycles. The lowest BCUT2D eigenvalue weighted by molar-refractivity contribution is -0.0213. The maximum atomic E-state index is 11.4. The first-order valence-electron chi connectivity index (χ1n) is 5.43. The minimum absolute atomic E-state index is 0.336. The molecule has 0 amide bonds. The number of esters is 1. The molecule has 1 aliphatic rings. The van der Waals surface area contributed by atoms with Gasteiger partial charge in [0, 0.05) is 6.20 Å². The highest BCUT2D eigenvalue weighted by atomic mass is 16.5. The van der Waals surface area contributed by atoms with Gasteiger partial charge < -0.3 is 14.0 Å². The zero-order valence-electron chi connectivity index (χ0n) is 9.42. The standard InChI is InChI=1S/C12H12N2O3/c1-16-12(15)10-2-3-11-9(13-10)4-5-14(11)8-6-17-7-8/h2-5,8H,6-7H2,1H3. The van der Waals surface area contributed by atoms with Gasteiger partial charge in [-0.15, -0.1) is 0 Å². The summed E-state index contributed by atoms with van der Waals surface area (Å²) in [6.07, 6.45) is 1.98. The van der Waals surface area contributed by atoms with Crippen molar-refractivity contribution < 1.29 is 14.3 Å². The Labute approximate surface area is 98.0 Å². The third-order valence-electron chi connectivity index (χ3n) is 2.98. The van der Waals surface area contributed by atoms with E-state index in [1.807, 2.05) is 18.3 Å². The van der Waals surface area contributed by atoms with E-state index >= 15 is 0 Å². The molecule has 0 aliphatic carbocycles. The Morgan fingerprint density at radius 2 is 2.29 bits per heavy atom. The minimum atomic E-state index is -0.411. The fraction of sp³-hybridized carbons (Fsp3) is 0.333. The molecular formula is C12H12N2O3. The van der Waals surface area contributed by atoms with E-state index < -0.39 is 5.97 Å². The molecule has 1 fully saturated rings. The highest BCUT2D eigenvalue weighted by Gasteiger charge is 2.22. The summed E-state index contributed by atoms with van der Waals surface area (Å²) in [4.78, 5) is 15.6. The van der Waals surface area contributed by atoms with E-state index in [2.05, 4.69) is 14.3 Å². The average Bonchev–Trinajstić information content (AvgIpc) is 2.69. The van der Waals surface area contributed by atoms with Crippen molar-refractivity contribution in [2.75, 3.05) is 20.3 Å². The molecule has 0 atom stereocenters. The first kappa shape index (κ1) is 10.3. The van der Waals surface area contributed by atoms with Crippen molar-refractivity contribution in [1.82, 2.24) is 9.55 Å². The minimum Gasteiger partial charge on any atom is -0.464 e. The van der Waals surface area contributed by atoms with Crippen LogP contribution in [0.2, 0.25) is 0 Å². The summed E-state index contributed by atoms with van der Waals surface area (Å²) in [6, 6.07) is 5.87. The molecule has 88 valence electrons. The maximum Gasteiger partial charge on any atom is 0.356 e. The lowest BCUT2D eigenvalue weighted by Crippen LogP contribution is -2.30. The van der Waals surface area contributed by atoms with Gasteiger partial charge in [0.1, 0.15) is 5.69 Å². The van der Waals surface area contributed by atoms with E-state index in [1.54, 1.807) is 6.07 Å². The van der Waals surface area contributed by atoms with Crippen LogP contribution in [0.1, 0.15) is 16.5 Å². The van der Waals surface area contributed by atoms with Gasteiger partial charge in [0.15, 0.2) is 0 Å². The second kappa shape index (κ2) is 3.85. The molecule has 0 aromatic carbocycles. The number of pyridine rings is 1. The van der Waals surface area contributed by atoms with Gasteiger partial charge in [0.05, 0.1) is 37.4 Å². The van der Waals surface area contributed by atoms with Gasteiger partial charge in [0.25, 0.3) is 0 Å². The first-order valence-corrected chi connectivity index (χ1v) is 5.43. The van der Waals surface area contributed by atoms with E-state index in [0.29, 0.717) is 11.7 Å². The number of hydrogen-bond donors (Lipinski definition) is 0. The van der Waals surface area contributed by atoms with Gasteiger partial charge in [-0.2, -0.15) is 0 Å². The van der Waals surface area contributed by atoms with E-state index in [-0.39, 0.29) is 0 Å². The van der Waals surface area contributed by atoms with Crippen LogP contribution in [0.3, 0.4) is 0 Å². The zero-order valence-corrected chi connectivity index (χ0v) is 9.42. The van der Waals surface area contributed by atoms with Crippen LogP contribution in [-0.2, 0) is 9.47 Å². The number of nitrogens with zero attached hydrogens (tertiary/aromatic N) is 2. The Balaban J connectivity index is 2.04. The van der Waals surface area contributed by atoms with Crippen molar-refractivity contribution in [3.05, 3.63) is 30.1 Å². The van der Waals surface area contributed by atoms with Crippen molar-refractivity contribution in [2.24, 2.45) is 0 Å². The summed E-state index contributed by atoms with van der Waals surface area (Å²) in [5.41, 5.74) is 2.16. The monoisotopic (exact) mass is 232 g/mol. The van der Waals surface area contributed by atoms with Crippen molar-refractivity contribution in [1.29, 1.82) is 0 Å². The Morgan fingerprint density at radius 1 is 1.47 bits per heavy atom. The van der Waals surface area contributed by atoms with Crippen LogP contribution < -0.4 is 0 Å². The summed E-state index contributed by atoms with van der Waals surface area (Å²) in [6.45, 7) is 1.48.